The monoisotopic (exact) mass is 433 g/mol. The van der Waals surface area contributed by atoms with Gasteiger partial charge in [0.1, 0.15) is 5.69 Å². The van der Waals surface area contributed by atoms with Gasteiger partial charge in [0, 0.05) is 44.6 Å². The molecular weight excluding hydrogens is 410 g/mol. The summed E-state index contributed by atoms with van der Waals surface area (Å²) >= 11 is 1.64. The first-order valence-electron chi connectivity index (χ1n) is 10.4. The molecule has 0 unspecified atom stereocenters. The summed E-state index contributed by atoms with van der Waals surface area (Å²) < 4.78 is 8.47. The summed E-state index contributed by atoms with van der Waals surface area (Å²) in [5.74, 6) is -0.157. The van der Waals surface area contributed by atoms with E-state index >= 15 is 0 Å². The molecule has 0 aromatic carbocycles. The summed E-state index contributed by atoms with van der Waals surface area (Å²) in [4.78, 5) is 21.9. The molecule has 7 nitrogen and oxygen atoms in total. The topological polar surface area (TPSA) is 81.9 Å². The summed E-state index contributed by atoms with van der Waals surface area (Å²) in [6.45, 7) is 1.30. The lowest BCUT2D eigenvalue weighted by Gasteiger charge is -2.11. The lowest BCUT2D eigenvalue weighted by Crippen LogP contribution is -2.32. The Bertz CT molecular complexity index is 1210. The van der Waals surface area contributed by atoms with Gasteiger partial charge in [0.2, 0.25) is 0 Å². The summed E-state index contributed by atoms with van der Waals surface area (Å²) in [5.41, 5.74) is 5.34. The number of aryl methyl sites for hydroxylation is 1. The van der Waals surface area contributed by atoms with Crippen molar-refractivity contribution in [2.75, 3.05) is 13.2 Å². The first-order chi connectivity index (χ1) is 15.2. The van der Waals surface area contributed by atoms with Gasteiger partial charge >= 0.3 is 0 Å². The van der Waals surface area contributed by atoms with Gasteiger partial charge in [0.25, 0.3) is 5.91 Å². The highest BCUT2D eigenvalue weighted by molar-refractivity contribution is 7.17. The number of thiophene rings is 1. The average Bonchev–Trinajstić information content (AvgIpc) is 3.54. The van der Waals surface area contributed by atoms with Crippen molar-refractivity contribution in [2.24, 2.45) is 7.05 Å². The number of pyridine rings is 2. The van der Waals surface area contributed by atoms with Crippen LogP contribution in [0.4, 0.5) is 0 Å². The SMILES string of the molecule is Cn1cc(-c2ccc(Cc3cc(C(=O)NC[C@H]4CCCO4)nc4ccsc34)cn2)cn1. The van der Waals surface area contributed by atoms with E-state index in [4.69, 9.17) is 4.74 Å². The number of ether oxygens (including phenoxy) is 1. The van der Waals surface area contributed by atoms with Gasteiger partial charge < -0.3 is 10.1 Å². The molecule has 1 saturated heterocycles. The van der Waals surface area contributed by atoms with Crippen molar-refractivity contribution in [1.82, 2.24) is 25.1 Å². The smallest absolute Gasteiger partial charge is 0.270 e. The molecule has 4 aromatic heterocycles. The second kappa shape index (κ2) is 8.56. The molecule has 8 heteroatoms. The van der Waals surface area contributed by atoms with Crippen LogP contribution in [0.25, 0.3) is 21.5 Å². The lowest BCUT2D eigenvalue weighted by molar-refractivity contribution is 0.0854. The fourth-order valence-electron chi connectivity index (χ4n) is 3.85. The highest BCUT2D eigenvalue weighted by Gasteiger charge is 2.18. The van der Waals surface area contributed by atoms with E-state index < -0.39 is 0 Å². The summed E-state index contributed by atoms with van der Waals surface area (Å²) in [5, 5.41) is 9.19. The summed E-state index contributed by atoms with van der Waals surface area (Å²) in [6.07, 6.45) is 8.48. The first-order valence-corrected chi connectivity index (χ1v) is 11.2. The molecule has 0 spiro atoms. The fourth-order valence-corrected chi connectivity index (χ4v) is 4.70. The van der Waals surface area contributed by atoms with Gasteiger partial charge in [0.05, 0.1) is 28.2 Å². The number of hydrogen-bond donors (Lipinski definition) is 1. The van der Waals surface area contributed by atoms with Gasteiger partial charge in [-0.25, -0.2) is 4.98 Å². The van der Waals surface area contributed by atoms with Crippen LogP contribution in [0.15, 0.2) is 48.2 Å². The molecule has 0 saturated carbocycles. The number of carbonyl (C=O) groups is 1. The normalized spacial score (nSPS) is 16.1. The summed E-state index contributed by atoms with van der Waals surface area (Å²) in [6, 6.07) is 7.95. The van der Waals surface area contributed by atoms with E-state index in [2.05, 4.69) is 26.4 Å². The van der Waals surface area contributed by atoms with Gasteiger partial charge in [-0.05, 0) is 47.5 Å². The molecule has 31 heavy (non-hydrogen) atoms. The zero-order chi connectivity index (χ0) is 21.2. The Balaban J connectivity index is 1.36. The highest BCUT2D eigenvalue weighted by Crippen LogP contribution is 2.27. The Morgan fingerprint density at radius 1 is 1.32 bits per heavy atom. The maximum atomic E-state index is 12.7. The summed E-state index contributed by atoms with van der Waals surface area (Å²) in [7, 11) is 1.89. The molecule has 0 bridgehead atoms. The van der Waals surface area contributed by atoms with Crippen LogP contribution in [0.1, 0.15) is 34.5 Å². The lowest BCUT2D eigenvalue weighted by atomic mass is 10.0. The molecule has 158 valence electrons. The third-order valence-electron chi connectivity index (χ3n) is 5.45. The number of carbonyl (C=O) groups excluding carboxylic acids is 1. The van der Waals surface area contributed by atoms with E-state index in [1.165, 1.54) is 0 Å². The molecule has 0 aliphatic carbocycles. The molecule has 4 aromatic rings. The standard InChI is InChI=1S/C23H23N5O2S/c1-28-14-17(12-26-28)19-5-4-15(11-24-19)9-16-10-21(27-20-6-8-31-22(16)20)23(29)25-13-18-3-2-7-30-18/h4-6,8,10-12,14,18H,2-3,7,9,13H2,1H3,(H,25,29)/t18-/m1/s1. The number of rotatable bonds is 6. The molecule has 5 heterocycles. The van der Waals surface area contributed by atoms with Crippen LogP contribution >= 0.6 is 11.3 Å². The van der Waals surface area contributed by atoms with Gasteiger partial charge in [-0.3, -0.25) is 14.5 Å². The molecular formula is C23H23N5O2S. The highest BCUT2D eigenvalue weighted by atomic mass is 32.1. The predicted octanol–water partition coefficient (Wildman–Crippen LogP) is 3.59. The molecule has 1 aliphatic heterocycles. The van der Waals surface area contributed by atoms with Crippen molar-refractivity contribution in [2.45, 2.75) is 25.4 Å². The van der Waals surface area contributed by atoms with Crippen molar-refractivity contribution in [3.63, 3.8) is 0 Å². The maximum absolute atomic E-state index is 12.7. The molecule has 1 atom stereocenters. The molecule has 1 N–H and O–H groups in total. The van der Waals surface area contributed by atoms with Gasteiger partial charge in [-0.1, -0.05) is 6.07 Å². The Morgan fingerprint density at radius 2 is 2.26 bits per heavy atom. The van der Waals surface area contributed by atoms with Crippen molar-refractivity contribution < 1.29 is 9.53 Å². The van der Waals surface area contributed by atoms with E-state index in [0.29, 0.717) is 18.7 Å². The van der Waals surface area contributed by atoms with Crippen LogP contribution in [0.5, 0.6) is 0 Å². The van der Waals surface area contributed by atoms with Crippen LogP contribution in [-0.2, 0) is 18.2 Å². The number of aromatic nitrogens is 4. The van der Waals surface area contributed by atoms with Crippen LogP contribution < -0.4 is 5.32 Å². The van der Waals surface area contributed by atoms with E-state index in [-0.39, 0.29) is 12.0 Å². The molecule has 5 rings (SSSR count). The van der Waals surface area contributed by atoms with E-state index in [1.54, 1.807) is 16.0 Å². The second-order valence-electron chi connectivity index (χ2n) is 7.78. The van der Waals surface area contributed by atoms with Crippen LogP contribution in [0.3, 0.4) is 0 Å². The fraction of sp³-hybridized carbons (Fsp3) is 0.304. The molecule has 0 radical (unpaired) electrons. The number of nitrogens with zero attached hydrogens (tertiary/aromatic N) is 4. The van der Waals surface area contributed by atoms with E-state index in [1.807, 2.05) is 49.2 Å². The predicted molar refractivity (Wildman–Crippen MR) is 120 cm³/mol. The minimum absolute atomic E-state index is 0.109. The Labute approximate surface area is 184 Å². The van der Waals surface area contributed by atoms with E-state index in [0.717, 1.165) is 52.0 Å². The number of nitrogens with one attached hydrogen (secondary N) is 1. The van der Waals surface area contributed by atoms with Gasteiger partial charge in [-0.2, -0.15) is 5.10 Å². The third-order valence-corrected chi connectivity index (χ3v) is 6.43. The largest absolute Gasteiger partial charge is 0.376 e. The Hall–Kier alpha value is -3.10. The van der Waals surface area contributed by atoms with Crippen molar-refractivity contribution in [3.05, 3.63) is 65.1 Å². The van der Waals surface area contributed by atoms with Crippen LogP contribution in [0.2, 0.25) is 0 Å². The van der Waals surface area contributed by atoms with Gasteiger partial charge in [0.15, 0.2) is 0 Å². The average molecular weight is 434 g/mol. The van der Waals surface area contributed by atoms with Crippen molar-refractivity contribution in [3.8, 4) is 11.3 Å². The quantitative estimate of drug-likeness (QED) is 0.503. The maximum Gasteiger partial charge on any atom is 0.270 e. The van der Waals surface area contributed by atoms with Crippen molar-refractivity contribution >= 4 is 27.5 Å². The van der Waals surface area contributed by atoms with Crippen LogP contribution in [-0.4, -0.2) is 44.9 Å². The third kappa shape index (κ3) is 4.35. The Kier molecular flexibility index (Phi) is 5.48. The van der Waals surface area contributed by atoms with E-state index in [9.17, 15) is 4.79 Å². The van der Waals surface area contributed by atoms with Crippen LogP contribution in [0, 0.1) is 0 Å². The molecule has 1 amide bonds. The molecule has 1 fully saturated rings. The zero-order valence-electron chi connectivity index (χ0n) is 17.2. The van der Waals surface area contributed by atoms with Crippen molar-refractivity contribution in [1.29, 1.82) is 0 Å². The number of fused-ring (bicyclic) bond motifs is 1. The first kappa shape index (κ1) is 19.8. The zero-order valence-corrected chi connectivity index (χ0v) is 18.1. The Morgan fingerprint density at radius 3 is 3.00 bits per heavy atom. The number of hydrogen-bond acceptors (Lipinski definition) is 6. The number of amides is 1. The minimum atomic E-state index is -0.157. The second-order valence-corrected chi connectivity index (χ2v) is 8.69. The van der Waals surface area contributed by atoms with Gasteiger partial charge in [-0.15, -0.1) is 11.3 Å². The molecule has 1 aliphatic rings. The minimum Gasteiger partial charge on any atom is -0.376 e.